The van der Waals surface area contributed by atoms with Crippen molar-refractivity contribution in [3.05, 3.63) is 22.4 Å². The van der Waals surface area contributed by atoms with Crippen LogP contribution in [0.4, 0.5) is 4.79 Å². The van der Waals surface area contributed by atoms with E-state index in [2.05, 4.69) is 21.6 Å². The first-order valence-corrected chi connectivity index (χ1v) is 7.77. The topological polar surface area (TPSA) is 64.6 Å². The Bertz CT molecular complexity index is 430. The van der Waals surface area contributed by atoms with E-state index in [-0.39, 0.29) is 24.1 Å². The van der Waals surface area contributed by atoms with Crippen LogP contribution in [0.3, 0.4) is 0 Å². The molecule has 112 valence electrons. The van der Waals surface area contributed by atoms with E-state index in [1.807, 2.05) is 25.5 Å². The van der Waals surface area contributed by atoms with Gasteiger partial charge in [-0.3, -0.25) is 0 Å². The molecule has 3 N–H and O–H groups in total. The summed E-state index contributed by atoms with van der Waals surface area (Å²) in [5, 5.41) is 17.0. The van der Waals surface area contributed by atoms with Crippen LogP contribution in [-0.2, 0) is 0 Å². The number of nitrogens with zero attached hydrogens (tertiary/aromatic N) is 1. The summed E-state index contributed by atoms with van der Waals surface area (Å²) >= 11 is 1.70. The lowest BCUT2D eigenvalue weighted by Gasteiger charge is -2.24. The molecule has 1 unspecified atom stereocenters. The van der Waals surface area contributed by atoms with Crippen molar-refractivity contribution in [3.8, 4) is 0 Å². The first-order chi connectivity index (χ1) is 9.56. The van der Waals surface area contributed by atoms with Crippen molar-refractivity contribution < 1.29 is 9.90 Å². The second-order valence-electron chi connectivity index (χ2n) is 5.72. The Morgan fingerprint density at radius 2 is 2.25 bits per heavy atom. The lowest BCUT2D eigenvalue weighted by atomic mass is 10.1. The fourth-order valence-electron chi connectivity index (χ4n) is 2.11. The minimum Gasteiger partial charge on any atom is -0.396 e. The van der Waals surface area contributed by atoms with Crippen LogP contribution >= 0.6 is 11.3 Å². The van der Waals surface area contributed by atoms with Crippen molar-refractivity contribution in [3.63, 3.8) is 0 Å². The average Bonchev–Trinajstić information content (AvgIpc) is 3.02. The largest absolute Gasteiger partial charge is 0.396 e. The van der Waals surface area contributed by atoms with Gasteiger partial charge in [-0.25, -0.2) is 4.79 Å². The van der Waals surface area contributed by atoms with E-state index >= 15 is 0 Å². The van der Waals surface area contributed by atoms with Gasteiger partial charge in [-0.2, -0.15) is 0 Å². The van der Waals surface area contributed by atoms with Gasteiger partial charge in [0.2, 0.25) is 0 Å². The second kappa shape index (κ2) is 6.56. The van der Waals surface area contributed by atoms with Gasteiger partial charge in [0, 0.05) is 23.4 Å². The highest BCUT2D eigenvalue weighted by molar-refractivity contribution is 7.10. The molecular weight excluding hydrogens is 274 g/mol. The maximum atomic E-state index is 11.8. The fraction of sp³-hybridized carbons (Fsp3) is 0.643. The Kier molecular flexibility index (Phi) is 5.01. The number of thiophene rings is 1. The van der Waals surface area contributed by atoms with Gasteiger partial charge >= 0.3 is 6.03 Å². The molecule has 0 aromatic carbocycles. The van der Waals surface area contributed by atoms with E-state index in [0.29, 0.717) is 13.1 Å². The van der Waals surface area contributed by atoms with Crippen molar-refractivity contribution in [2.24, 2.45) is 5.41 Å². The maximum Gasteiger partial charge on any atom is 0.314 e. The van der Waals surface area contributed by atoms with E-state index < -0.39 is 0 Å². The van der Waals surface area contributed by atoms with Crippen molar-refractivity contribution in [1.82, 2.24) is 15.5 Å². The molecule has 6 heteroatoms. The van der Waals surface area contributed by atoms with Crippen molar-refractivity contribution in [2.45, 2.75) is 18.9 Å². The van der Waals surface area contributed by atoms with Gasteiger partial charge in [-0.05, 0) is 38.4 Å². The lowest BCUT2D eigenvalue weighted by molar-refractivity contribution is 0.201. The van der Waals surface area contributed by atoms with Crippen LogP contribution in [0, 0.1) is 5.41 Å². The van der Waals surface area contributed by atoms with Crippen LogP contribution in [0.1, 0.15) is 23.8 Å². The monoisotopic (exact) mass is 297 g/mol. The highest BCUT2D eigenvalue weighted by atomic mass is 32.1. The zero-order valence-electron chi connectivity index (χ0n) is 12.1. The molecule has 5 nitrogen and oxygen atoms in total. The van der Waals surface area contributed by atoms with Crippen LogP contribution < -0.4 is 10.6 Å². The normalized spacial score (nSPS) is 17.8. The van der Waals surface area contributed by atoms with E-state index in [1.165, 1.54) is 4.88 Å². The molecule has 1 aliphatic carbocycles. The number of amides is 2. The molecule has 0 bridgehead atoms. The number of carbonyl (C=O) groups is 1. The zero-order chi connectivity index (χ0) is 14.6. The Balaban J connectivity index is 1.76. The molecule has 1 heterocycles. The number of aliphatic hydroxyl groups excluding tert-OH is 1. The number of hydrogen-bond acceptors (Lipinski definition) is 4. The summed E-state index contributed by atoms with van der Waals surface area (Å²) in [6, 6.07) is 4.13. The van der Waals surface area contributed by atoms with E-state index in [4.69, 9.17) is 0 Å². The number of urea groups is 1. The maximum absolute atomic E-state index is 11.8. The summed E-state index contributed by atoms with van der Waals surface area (Å²) in [6.07, 6.45) is 2.00. The predicted molar refractivity (Wildman–Crippen MR) is 80.9 cm³/mol. The minimum absolute atomic E-state index is 0.0496. The molecular formula is C14H23N3O2S. The third-order valence-corrected chi connectivity index (χ3v) is 4.84. The molecule has 1 fully saturated rings. The molecule has 2 rings (SSSR count). The first-order valence-electron chi connectivity index (χ1n) is 6.89. The van der Waals surface area contributed by atoms with Crippen molar-refractivity contribution in [2.75, 3.05) is 33.8 Å². The van der Waals surface area contributed by atoms with Crippen molar-refractivity contribution in [1.29, 1.82) is 0 Å². The second-order valence-corrected chi connectivity index (χ2v) is 6.70. The summed E-state index contributed by atoms with van der Waals surface area (Å²) in [6.45, 7) is 1.29. The summed E-state index contributed by atoms with van der Waals surface area (Å²) in [7, 11) is 4.02. The lowest BCUT2D eigenvalue weighted by Crippen LogP contribution is -2.42. The highest BCUT2D eigenvalue weighted by Crippen LogP contribution is 2.44. The molecule has 0 radical (unpaired) electrons. The number of carbonyl (C=O) groups excluding carboxylic acids is 1. The summed E-state index contributed by atoms with van der Waals surface area (Å²) < 4.78 is 0. The summed E-state index contributed by atoms with van der Waals surface area (Å²) in [5.41, 5.74) is -0.0496. The number of rotatable bonds is 7. The van der Waals surface area contributed by atoms with Gasteiger partial charge in [-0.15, -0.1) is 11.3 Å². The molecule has 1 atom stereocenters. The third-order valence-electron chi connectivity index (χ3n) is 3.87. The Morgan fingerprint density at radius 3 is 2.75 bits per heavy atom. The fourth-order valence-corrected chi connectivity index (χ4v) is 3.03. The molecule has 2 amide bonds. The van der Waals surface area contributed by atoms with Gasteiger partial charge in [0.25, 0.3) is 0 Å². The molecule has 1 aromatic rings. The summed E-state index contributed by atoms with van der Waals surface area (Å²) in [5.74, 6) is 0. The van der Waals surface area contributed by atoms with Crippen LogP contribution in [0.5, 0.6) is 0 Å². The van der Waals surface area contributed by atoms with Crippen LogP contribution in [-0.4, -0.2) is 49.8 Å². The van der Waals surface area contributed by atoms with Crippen LogP contribution in [0.2, 0.25) is 0 Å². The number of aliphatic hydroxyl groups is 1. The predicted octanol–water partition coefficient (Wildman–Crippen LogP) is 1.42. The Labute approximate surface area is 124 Å². The first kappa shape index (κ1) is 15.3. The van der Waals surface area contributed by atoms with Crippen molar-refractivity contribution >= 4 is 17.4 Å². The highest BCUT2D eigenvalue weighted by Gasteiger charge is 2.42. The van der Waals surface area contributed by atoms with Crippen LogP contribution in [0.15, 0.2) is 17.5 Å². The Hall–Kier alpha value is -1.11. The molecule has 1 aliphatic rings. The third kappa shape index (κ3) is 3.94. The van der Waals surface area contributed by atoms with Gasteiger partial charge < -0.3 is 20.6 Å². The summed E-state index contributed by atoms with van der Waals surface area (Å²) in [4.78, 5) is 15.2. The molecule has 0 spiro atoms. The van der Waals surface area contributed by atoms with Gasteiger partial charge in [0.05, 0.1) is 12.6 Å². The minimum atomic E-state index is -0.159. The van der Waals surface area contributed by atoms with Gasteiger partial charge in [-0.1, -0.05) is 6.07 Å². The number of hydrogen-bond donors (Lipinski definition) is 3. The smallest absolute Gasteiger partial charge is 0.314 e. The van der Waals surface area contributed by atoms with E-state index in [1.54, 1.807) is 11.3 Å². The molecule has 20 heavy (non-hydrogen) atoms. The van der Waals surface area contributed by atoms with Gasteiger partial charge in [0.15, 0.2) is 0 Å². The molecule has 1 saturated carbocycles. The zero-order valence-corrected chi connectivity index (χ0v) is 12.9. The van der Waals surface area contributed by atoms with Crippen LogP contribution in [0.25, 0.3) is 0 Å². The average molecular weight is 297 g/mol. The van der Waals surface area contributed by atoms with E-state index in [0.717, 1.165) is 12.8 Å². The molecule has 0 saturated heterocycles. The SMILES string of the molecule is CN(C)C(CNC(=O)NCC1(CO)CC1)c1cccs1. The van der Waals surface area contributed by atoms with E-state index in [9.17, 15) is 9.90 Å². The van der Waals surface area contributed by atoms with Gasteiger partial charge in [0.1, 0.15) is 0 Å². The Morgan fingerprint density at radius 1 is 1.50 bits per heavy atom. The quantitative estimate of drug-likeness (QED) is 0.713. The molecule has 1 aromatic heterocycles. The molecule has 0 aliphatic heterocycles. The number of likely N-dealkylation sites (N-methyl/N-ethyl adjacent to an activating group) is 1. The number of nitrogens with one attached hydrogen (secondary N) is 2. The standard InChI is InChI=1S/C14H23N3O2S/c1-17(2)11(12-4-3-7-20-12)8-15-13(19)16-9-14(10-18)5-6-14/h3-4,7,11,18H,5-6,8-10H2,1-2H3,(H2,15,16,19).